The van der Waals surface area contributed by atoms with E-state index in [1.54, 1.807) is 14.1 Å². The van der Waals surface area contributed by atoms with Crippen LogP contribution in [0.3, 0.4) is 0 Å². The molecular weight excluding hydrogens is 1070 g/mol. The SMILES string of the molecule is CNC(=O)C(N)Cc1ccccc1.CNC(=O)[C@H](Cc1ccccc1)NCCC(C[C@H](N=[N+]=[N-])C(=O)OCC[Si](C)(C)C)c1ccccc1.C[Si](C)(C)CCOC(=O)[C@H](CC(CC=O)c1ccccc1)N=[N+]=[N-].O=C(O)C(F)(F)F. The number of alkyl halides is 3. The quantitative estimate of drug-likeness (QED) is 0.00889. The summed E-state index contributed by atoms with van der Waals surface area (Å²) in [6, 6.07) is 38.0. The third-order valence-corrected chi connectivity index (χ3v) is 15.3. The minimum absolute atomic E-state index is 0.0548. The molecule has 0 spiro atoms. The lowest BCUT2D eigenvalue weighted by molar-refractivity contribution is -0.192. The third-order valence-electron chi connectivity index (χ3n) is 11.9. The van der Waals surface area contributed by atoms with Gasteiger partial charge in [0.25, 0.3) is 0 Å². The highest BCUT2D eigenvalue weighted by Gasteiger charge is 2.38. The first-order valence-electron chi connectivity index (χ1n) is 26.0. The van der Waals surface area contributed by atoms with Crippen LogP contribution in [0.1, 0.15) is 59.8 Å². The highest BCUT2D eigenvalue weighted by atomic mass is 28.3. The summed E-state index contributed by atoms with van der Waals surface area (Å²) >= 11 is 0. The normalized spacial score (nSPS) is 13.2. The van der Waals surface area contributed by atoms with Gasteiger partial charge >= 0.3 is 24.1 Å². The van der Waals surface area contributed by atoms with Crippen LogP contribution in [0.4, 0.5) is 13.2 Å². The first kappa shape index (κ1) is 70.7. The molecule has 0 fully saturated rings. The van der Waals surface area contributed by atoms with E-state index in [0.717, 1.165) is 40.6 Å². The Morgan fingerprint density at radius 2 is 1.02 bits per heavy atom. The van der Waals surface area contributed by atoms with E-state index in [0.29, 0.717) is 45.4 Å². The second kappa shape index (κ2) is 38.3. The van der Waals surface area contributed by atoms with E-state index in [-0.39, 0.29) is 42.5 Å². The number of halogens is 3. The van der Waals surface area contributed by atoms with Crippen molar-refractivity contribution in [3.05, 3.63) is 164 Å². The van der Waals surface area contributed by atoms with Gasteiger partial charge in [-0.3, -0.25) is 19.2 Å². The van der Waals surface area contributed by atoms with E-state index in [4.69, 9.17) is 36.2 Å². The molecule has 6 N–H and O–H groups in total. The highest BCUT2D eigenvalue weighted by molar-refractivity contribution is 6.76. The number of hydrogen-bond acceptors (Lipinski definition) is 12. The van der Waals surface area contributed by atoms with E-state index in [1.807, 2.05) is 121 Å². The molecule has 4 rings (SSSR count). The van der Waals surface area contributed by atoms with Crippen LogP contribution in [0.25, 0.3) is 20.9 Å². The van der Waals surface area contributed by atoms with Gasteiger partial charge in [0, 0.05) is 46.5 Å². The molecule has 6 atom stereocenters. The molecule has 2 amide bonds. The molecule has 0 aliphatic heterocycles. The number of azide groups is 2. The van der Waals surface area contributed by atoms with Gasteiger partial charge in [-0.15, -0.1) is 0 Å². The number of benzene rings is 4. The molecule has 0 heterocycles. The van der Waals surface area contributed by atoms with E-state index in [1.165, 1.54) is 0 Å². The maximum atomic E-state index is 12.8. The average molecular weight is 1150 g/mol. The Morgan fingerprint density at radius 1 is 0.650 bits per heavy atom. The first-order valence-corrected chi connectivity index (χ1v) is 33.5. The topological polar surface area (TPSA) is 301 Å². The number of esters is 2. The molecule has 436 valence electrons. The molecule has 0 aromatic heterocycles. The number of rotatable bonds is 28. The van der Waals surface area contributed by atoms with Crippen LogP contribution < -0.4 is 21.7 Å². The van der Waals surface area contributed by atoms with Crippen molar-refractivity contribution in [1.82, 2.24) is 16.0 Å². The standard InChI is InChI=1S/C27H39N5O3Si.C17H25N3O3Si.C10H14N2O.C2HF3O2/c1-29-26(33)24(19-21-11-7-5-8-12-21)30-16-15-23(22-13-9-6-10-14-22)20-25(31-32-28)27(34)35-17-18-36(2,3)4;1-24(2,3)12-11-23-17(22)16(19-20-18)13-15(9-10-21)14-7-5-4-6-8-14;1-12-10(13)9(11)7-8-5-3-2-4-6-8;3-2(4,5)1(6)7/h5-14,23-25,30H,15-20H2,1-4H3,(H,29,33);4-8,10,15-16H,9,11-13H2,1-3H3;2-6,9H,7,11H2,1H3,(H,12,13);(H,6,7)/t23?,24-,25-;15?,16-;;/m00../s1. The van der Waals surface area contributed by atoms with Crippen molar-refractivity contribution in [3.8, 4) is 0 Å². The van der Waals surface area contributed by atoms with E-state index in [9.17, 15) is 37.1 Å². The second-order valence-corrected chi connectivity index (χ2v) is 32.0. The number of aldehydes is 1. The van der Waals surface area contributed by atoms with Crippen molar-refractivity contribution < 1.29 is 56.5 Å². The van der Waals surface area contributed by atoms with Crippen molar-refractivity contribution in [3.63, 3.8) is 0 Å². The fourth-order valence-electron chi connectivity index (χ4n) is 7.37. The third kappa shape index (κ3) is 31.9. The van der Waals surface area contributed by atoms with Crippen molar-refractivity contribution in [2.45, 2.75) is 132 Å². The van der Waals surface area contributed by atoms with Crippen LogP contribution in [-0.4, -0.2) is 121 Å². The second-order valence-electron chi connectivity index (χ2n) is 20.8. The van der Waals surface area contributed by atoms with Gasteiger partial charge in [0.2, 0.25) is 11.8 Å². The Hall–Kier alpha value is -7.34. The van der Waals surface area contributed by atoms with Gasteiger partial charge < -0.3 is 41.1 Å². The molecule has 4 aromatic rings. The van der Waals surface area contributed by atoms with E-state index >= 15 is 0 Å². The predicted molar refractivity (Wildman–Crippen MR) is 309 cm³/mol. The smallest absolute Gasteiger partial charge is 0.475 e. The monoisotopic (exact) mass is 1150 g/mol. The summed E-state index contributed by atoms with van der Waals surface area (Å²) < 4.78 is 42.5. The van der Waals surface area contributed by atoms with Gasteiger partial charge in [0.05, 0.1) is 25.3 Å². The fraction of sp³-hybridized carbons (Fsp3) is 0.464. The number of likely N-dealkylation sites (N-methyl/N-ethyl adjacent to an activating group) is 2. The summed E-state index contributed by atoms with van der Waals surface area (Å²) in [7, 11) is 0.568. The van der Waals surface area contributed by atoms with Gasteiger partial charge in [-0.05, 0) is 95.9 Å². The Morgan fingerprint density at radius 3 is 1.39 bits per heavy atom. The van der Waals surface area contributed by atoms with Crippen LogP contribution in [-0.2, 0) is 51.1 Å². The van der Waals surface area contributed by atoms with Crippen molar-refractivity contribution in [2.24, 2.45) is 16.0 Å². The van der Waals surface area contributed by atoms with Gasteiger partial charge in [-0.25, -0.2) is 4.79 Å². The zero-order chi connectivity index (χ0) is 60.2. The Labute approximate surface area is 469 Å². The molecule has 0 bridgehead atoms. The van der Waals surface area contributed by atoms with Crippen LogP contribution in [0.5, 0.6) is 0 Å². The average Bonchev–Trinajstić information content (AvgIpc) is 3.42. The van der Waals surface area contributed by atoms with Crippen LogP contribution in [0.2, 0.25) is 51.4 Å². The highest BCUT2D eigenvalue weighted by Crippen LogP contribution is 2.28. The number of nitrogens with zero attached hydrogens (tertiary/aromatic N) is 6. The zero-order valence-corrected chi connectivity index (χ0v) is 49.0. The number of hydrogen-bond donors (Lipinski definition) is 5. The number of carboxylic acid groups (broad SMARTS) is 1. The maximum absolute atomic E-state index is 12.8. The number of nitrogens with two attached hydrogens (primary N) is 1. The number of nitrogens with one attached hydrogen (secondary N) is 3. The van der Waals surface area contributed by atoms with E-state index < -0.39 is 58.4 Å². The largest absolute Gasteiger partial charge is 0.490 e. The molecule has 24 heteroatoms. The molecule has 19 nitrogen and oxygen atoms in total. The van der Waals surface area contributed by atoms with Crippen LogP contribution >= 0.6 is 0 Å². The van der Waals surface area contributed by atoms with Crippen molar-refractivity contribution in [1.29, 1.82) is 0 Å². The summed E-state index contributed by atoms with van der Waals surface area (Å²) in [5.74, 6) is -4.18. The summed E-state index contributed by atoms with van der Waals surface area (Å²) in [5.41, 5.74) is 27.6. The number of carbonyl (C=O) groups is 6. The lowest BCUT2D eigenvalue weighted by Crippen LogP contribution is -2.45. The minimum atomic E-state index is -5.08. The molecule has 3 unspecified atom stereocenters. The fourth-order valence-corrected chi connectivity index (χ4v) is 8.80. The van der Waals surface area contributed by atoms with Gasteiger partial charge in [-0.1, -0.05) is 171 Å². The Kier molecular flexibility index (Phi) is 33.8. The molecule has 0 saturated heterocycles. The number of carboxylic acids is 1. The maximum Gasteiger partial charge on any atom is 0.490 e. The van der Waals surface area contributed by atoms with Crippen LogP contribution in [0.15, 0.2) is 132 Å². The summed E-state index contributed by atoms with van der Waals surface area (Å²) in [5, 5.41) is 23.1. The minimum Gasteiger partial charge on any atom is -0.475 e. The molecule has 80 heavy (non-hydrogen) atoms. The summed E-state index contributed by atoms with van der Waals surface area (Å²) in [6.45, 7) is 14.5. The molecule has 0 aliphatic rings. The lowest BCUT2D eigenvalue weighted by atomic mass is 9.89. The van der Waals surface area contributed by atoms with Crippen molar-refractivity contribution in [2.75, 3.05) is 33.9 Å². The Bertz CT molecular complexity index is 2550. The van der Waals surface area contributed by atoms with Gasteiger partial charge in [0.15, 0.2) is 0 Å². The van der Waals surface area contributed by atoms with Crippen LogP contribution in [0, 0.1) is 0 Å². The molecule has 4 aromatic carbocycles. The molecule has 0 radical (unpaired) electrons. The van der Waals surface area contributed by atoms with Gasteiger partial charge in [0.1, 0.15) is 18.4 Å². The summed E-state index contributed by atoms with van der Waals surface area (Å²) in [6.07, 6.45) is -1.58. The zero-order valence-electron chi connectivity index (χ0n) is 47.0. The number of amides is 2. The number of carbonyl (C=O) groups excluding carboxylic acids is 5. The Balaban J connectivity index is 0.000000618. The number of aliphatic carboxylic acids is 1. The lowest BCUT2D eigenvalue weighted by Gasteiger charge is -2.23. The van der Waals surface area contributed by atoms with Gasteiger partial charge in [-0.2, -0.15) is 13.2 Å². The summed E-state index contributed by atoms with van der Waals surface area (Å²) in [4.78, 5) is 74.1. The predicted octanol–water partition coefficient (Wildman–Crippen LogP) is 10.3. The molecule has 0 aliphatic carbocycles. The molecular formula is C56H79F3N10O9Si2. The van der Waals surface area contributed by atoms with Crippen molar-refractivity contribution >= 4 is 52.2 Å². The molecule has 0 saturated carbocycles. The first-order chi connectivity index (χ1) is 37.8. The number of ether oxygens (including phenoxy) is 2. The van der Waals surface area contributed by atoms with E-state index in [2.05, 4.69) is 75.3 Å².